The molecular weight excluding hydrogens is 252 g/mol. The molecule has 0 fully saturated rings. The summed E-state index contributed by atoms with van der Waals surface area (Å²) in [5.41, 5.74) is 0.687. The van der Waals surface area contributed by atoms with Crippen molar-refractivity contribution in [3.63, 3.8) is 0 Å². The molecule has 4 nitrogen and oxygen atoms in total. The predicted molar refractivity (Wildman–Crippen MR) is 83.2 cm³/mol. The molecule has 1 amide bonds. The molecule has 2 N–H and O–H groups in total. The van der Waals surface area contributed by atoms with Gasteiger partial charge in [-0.25, -0.2) is 0 Å². The lowest BCUT2D eigenvalue weighted by Gasteiger charge is -2.20. The van der Waals surface area contributed by atoms with Crippen molar-refractivity contribution in [2.75, 3.05) is 18.5 Å². The van der Waals surface area contributed by atoms with Crippen LogP contribution in [0.15, 0.2) is 24.3 Å². The summed E-state index contributed by atoms with van der Waals surface area (Å²) in [6.07, 6.45) is 0. The fourth-order valence-corrected chi connectivity index (χ4v) is 1.48. The Kier molecular flexibility index (Phi) is 6.02. The van der Waals surface area contributed by atoms with E-state index in [-0.39, 0.29) is 11.4 Å². The van der Waals surface area contributed by atoms with E-state index < -0.39 is 0 Å². The largest absolute Gasteiger partial charge is 0.493 e. The van der Waals surface area contributed by atoms with Crippen molar-refractivity contribution in [2.24, 2.45) is 5.92 Å². The molecule has 0 unspecified atom stereocenters. The van der Waals surface area contributed by atoms with Gasteiger partial charge in [-0.2, -0.15) is 0 Å². The Morgan fingerprint density at radius 3 is 2.60 bits per heavy atom. The zero-order valence-corrected chi connectivity index (χ0v) is 13.1. The molecule has 0 bridgehead atoms. The van der Waals surface area contributed by atoms with Gasteiger partial charge in [-0.15, -0.1) is 0 Å². The Labute approximate surface area is 121 Å². The highest BCUT2D eigenvalue weighted by Crippen LogP contribution is 2.17. The maximum absolute atomic E-state index is 11.8. The fourth-order valence-electron chi connectivity index (χ4n) is 1.48. The minimum Gasteiger partial charge on any atom is -0.493 e. The topological polar surface area (TPSA) is 50.4 Å². The molecule has 4 heteroatoms. The lowest BCUT2D eigenvalue weighted by molar-refractivity contribution is -0.115. The summed E-state index contributed by atoms with van der Waals surface area (Å²) < 4.78 is 5.64. The molecule has 0 spiro atoms. The first-order chi connectivity index (χ1) is 9.26. The number of benzene rings is 1. The van der Waals surface area contributed by atoms with Gasteiger partial charge in [0, 0.05) is 17.3 Å². The van der Waals surface area contributed by atoms with Crippen molar-refractivity contribution in [2.45, 2.75) is 40.2 Å². The minimum atomic E-state index is -0.0699. The molecule has 0 atom stereocenters. The average Bonchev–Trinajstić information content (AvgIpc) is 2.34. The molecule has 0 aliphatic heterocycles. The molecule has 1 aromatic rings. The van der Waals surface area contributed by atoms with Gasteiger partial charge in [0.15, 0.2) is 0 Å². The number of nitrogens with one attached hydrogen (secondary N) is 2. The molecule has 0 aliphatic carbocycles. The summed E-state index contributed by atoms with van der Waals surface area (Å²) in [5, 5.41) is 6.01. The Hall–Kier alpha value is -1.55. The summed E-state index contributed by atoms with van der Waals surface area (Å²) >= 11 is 0. The number of rotatable bonds is 6. The average molecular weight is 278 g/mol. The maximum atomic E-state index is 11.8. The third-order valence-electron chi connectivity index (χ3n) is 2.48. The summed E-state index contributed by atoms with van der Waals surface area (Å²) in [5.74, 6) is 1.20. The quantitative estimate of drug-likeness (QED) is 0.841. The molecular formula is C16H26N2O2. The number of hydrogen-bond donors (Lipinski definition) is 2. The van der Waals surface area contributed by atoms with Gasteiger partial charge in [0.1, 0.15) is 5.75 Å². The van der Waals surface area contributed by atoms with Crippen LogP contribution in [0.3, 0.4) is 0 Å². The van der Waals surface area contributed by atoms with Crippen molar-refractivity contribution < 1.29 is 9.53 Å². The van der Waals surface area contributed by atoms with E-state index in [2.05, 4.69) is 24.5 Å². The van der Waals surface area contributed by atoms with Crippen LogP contribution in [0.25, 0.3) is 0 Å². The highest BCUT2D eigenvalue weighted by molar-refractivity contribution is 5.92. The molecule has 0 aromatic heterocycles. The molecule has 0 saturated heterocycles. The normalized spacial score (nSPS) is 11.5. The summed E-state index contributed by atoms with van der Waals surface area (Å²) in [4.78, 5) is 11.8. The van der Waals surface area contributed by atoms with Crippen molar-refractivity contribution in [3.05, 3.63) is 24.3 Å². The van der Waals surface area contributed by atoms with E-state index in [1.165, 1.54) is 0 Å². The van der Waals surface area contributed by atoms with Gasteiger partial charge in [-0.05, 0) is 38.8 Å². The molecule has 0 saturated carbocycles. The third-order valence-corrected chi connectivity index (χ3v) is 2.48. The smallest absolute Gasteiger partial charge is 0.238 e. The second-order valence-corrected chi connectivity index (χ2v) is 6.38. The lowest BCUT2D eigenvalue weighted by atomic mass is 10.1. The van der Waals surface area contributed by atoms with Crippen molar-refractivity contribution >= 4 is 11.6 Å². The zero-order valence-electron chi connectivity index (χ0n) is 13.1. The van der Waals surface area contributed by atoms with Gasteiger partial charge < -0.3 is 15.4 Å². The Bertz CT molecular complexity index is 436. The molecule has 20 heavy (non-hydrogen) atoms. The SMILES string of the molecule is CC(C)COc1cccc(NC(=O)CNC(C)(C)C)c1. The Morgan fingerprint density at radius 2 is 2.00 bits per heavy atom. The van der Waals surface area contributed by atoms with E-state index in [0.717, 1.165) is 11.4 Å². The number of hydrogen-bond acceptors (Lipinski definition) is 3. The van der Waals surface area contributed by atoms with Crippen LogP contribution in [0.2, 0.25) is 0 Å². The summed E-state index contributed by atoms with van der Waals surface area (Å²) in [7, 11) is 0. The van der Waals surface area contributed by atoms with Crippen LogP contribution in [0, 0.1) is 5.92 Å². The Balaban J connectivity index is 2.51. The van der Waals surface area contributed by atoms with E-state index in [9.17, 15) is 4.79 Å². The monoisotopic (exact) mass is 278 g/mol. The zero-order chi connectivity index (χ0) is 15.2. The number of anilines is 1. The van der Waals surface area contributed by atoms with Crippen molar-refractivity contribution in [1.29, 1.82) is 0 Å². The second-order valence-electron chi connectivity index (χ2n) is 6.38. The van der Waals surface area contributed by atoms with E-state index >= 15 is 0 Å². The third kappa shape index (κ3) is 7.14. The van der Waals surface area contributed by atoms with Gasteiger partial charge in [-0.3, -0.25) is 4.79 Å². The first-order valence-corrected chi connectivity index (χ1v) is 7.04. The predicted octanol–water partition coefficient (Wildman–Crippen LogP) is 3.05. The van der Waals surface area contributed by atoms with E-state index in [1.54, 1.807) is 0 Å². The standard InChI is InChI=1S/C16H26N2O2/c1-12(2)11-20-14-8-6-7-13(9-14)18-15(19)10-17-16(3,4)5/h6-9,12,17H,10-11H2,1-5H3,(H,18,19). The van der Waals surface area contributed by atoms with Gasteiger partial charge in [0.05, 0.1) is 13.2 Å². The van der Waals surface area contributed by atoms with Crippen LogP contribution in [0.5, 0.6) is 5.75 Å². The van der Waals surface area contributed by atoms with Crippen molar-refractivity contribution in [1.82, 2.24) is 5.32 Å². The van der Waals surface area contributed by atoms with E-state index in [0.29, 0.717) is 19.1 Å². The van der Waals surface area contributed by atoms with E-state index in [1.807, 2.05) is 45.0 Å². The number of amides is 1. The van der Waals surface area contributed by atoms with Crippen LogP contribution in [-0.2, 0) is 4.79 Å². The lowest BCUT2D eigenvalue weighted by Crippen LogP contribution is -2.41. The van der Waals surface area contributed by atoms with Gasteiger partial charge in [0.2, 0.25) is 5.91 Å². The van der Waals surface area contributed by atoms with Crippen LogP contribution in [-0.4, -0.2) is 24.6 Å². The second kappa shape index (κ2) is 7.29. The van der Waals surface area contributed by atoms with Crippen LogP contribution in [0.1, 0.15) is 34.6 Å². The van der Waals surface area contributed by atoms with Gasteiger partial charge >= 0.3 is 0 Å². The Morgan fingerprint density at radius 1 is 1.30 bits per heavy atom. The van der Waals surface area contributed by atoms with Gasteiger partial charge in [0.25, 0.3) is 0 Å². The molecule has 0 heterocycles. The van der Waals surface area contributed by atoms with Crippen LogP contribution in [0.4, 0.5) is 5.69 Å². The number of ether oxygens (including phenoxy) is 1. The van der Waals surface area contributed by atoms with Crippen LogP contribution >= 0.6 is 0 Å². The maximum Gasteiger partial charge on any atom is 0.238 e. The molecule has 1 aromatic carbocycles. The van der Waals surface area contributed by atoms with Crippen molar-refractivity contribution in [3.8, 4) is 5.75 Å². The minimum absolute atomic E-state index is 0.0547. The van der Waals surface area contributed by atoms with Crippen LogP contribution < -0.4 is 15.4 Å². The van der Waals surface area contributed by atoms with Gasteiger partial charge in [-0.1, -0.05) is 19.9 Å². The summed E-state index contributed by atoms with van der Waals surface area (Å²) in [6, 6.07) is 7.47. The molecule has 0 aliphatic rings. The first kappa shape index (κ1) is 16.5. The molecule has 1 rings (SSSR count). The van der Waals surface area contributed by atoms with E-state index in [4.69, 9.17) is 4.74 Å². The molecule has 112 valence electrons. The number of carbonyl (C=O) groups excluding carboxylic acids is 1. The number of carbonyl (C=O) groups is 1. The fraction of sp³-hybridized carbons (Fsp3) is 0.562. The molecule has 0 radical (unpaired) electrons. The first-order valence-electron chi connectivity index (χ1n) is 7.04. The highest BCUT2D eigenvalue weighted by Gasteiger charge is 2.11. The highest BCUT2D eigenvalue weighted by atomic mass is 16.5. The summed E-state index contributed by atoms with van der Waals surface area (Å²) in [6.45, 7) is 11.2.